The molecule has 1 amide bonds. The quantitative estimate of drug-likeness (QED) is 0.624. The molecule has 4 N–H and O–H groups in total. The third-order valence-corrected chi connectivity index (χ3v) is 5.33. The molecule has 1 unspecified atom stereocenters. The molecule has 3 rings (SSSR count). The summed E-state index contributed by atoms with van der Waals surface area (Å²) in [6.07, 6.45) is 1.87. The number of hydrogen-bond acceptors (Lipinski definition) is 5. The van der Waals surface area contributed by atoms with Crippen molar-refractivity contribution in [3.63, 3.8) is 0 Å². The van der Waals surface area contributed by atoms with Gasteiger partial charge >= 0.3 is 5.97 Å². The third kappa shape index (κ3) is 5.12. The fraction of sp³-hybridized carbons (Fsp3) is 0.455. The van der Waals surface area contributed by atoms with E-state index in [0.717, 1.165) is 29.2 Å². The highest BCUT2D eigenvalue weighted by molar-refractivity contribution is 5.88. The lowest BCUT2D eigenvalue weighted by molar-refractivity contribution is -0.170. The maximum atomic E-state index is 13.2. The van der Waals surface area contributed by atoms with Crippen molar-refractivity contribution in [2.75, 3.05) is 13.2 Å². The molecule has 7 nitrogen and oxygen atoms in total. The number of hydrogen-bond donors (Lipinski definition) is 3. The number of carboxylic acid groups (broad SMARTS) is 1. The average Bonchev–Trinajstić information content (AvgIpc) is 2.73. The van der Waals surface area contributed by atoms with Crippen molar-refractivity contribution in [1.82, 2.24) is 4.90 Å². The largest absolute Gasteiger partial charge is 0.480 e. The van der Waals surface area contributed by atoms with E-state index in [1.165, 1.54) is 4.90 Å². The molecule has 0 aromatic heterocycles. The van der Waals surface area contributed by atoms with Crippen molar-refractivity contribution < 1.29 is 24.5 Å². The number of amides is 1. The Morgan fingerprint density at radius 2 is 1.93 bits per heavy atom. The van der Waals surface area contributed by atoms with Crippen LogP contribution in [0.3, 0.4) is 0 Å². The highest BCUT2D eigenvalue weighted by Crippen LogP contribution is 2.23. The summed E-state index contributed by atoms with van der Waals surface area (Å²) in [5, 5.41) is 21.1. The summed E-state index contributed by atoms with van der Waals surface area (Å²) < 4.78 is 5.70. The number of carboxylic acids is 1. The number of carbonyl (C=O) groups is 2. The number of aliphatic carboxylic acids is 1. The summed E-state index contributed by atoms with van der Waals surface area (Å²) in [5.41, 5.74) is 7.14. The molecule has 1 fully saturated rings. The number of fused-ring (bicyclic) bond motifs is 1. The van der Waals surface area contributed by atoms with E-state index < -0.39 is 30.2 Å². The molecule has 2 aromatic carbocycles. The van der Waals surface area contributed by atoms with Gasteiger partial charge in [-0.1, -0.05) is 42.5 Å². The first-order valence-corrected chi connectivity index (χ1v) is 10.0. The van der Waals surface area contributed by atoms with E-state index in [0.29, 0.717) is 19.4 Å². The highest BCUT2D eigenvalue weighted by Gasteiger charge is 2.38. The molecule has 1 aliphatic rings. The minimum atomic E-state index is -1.17. The predicted octanol–water partition coefficient (Wildman–Crippen LogP) is 1.90. The van der Waals surface area contributed by atoms with Gasteiger partial charge in [-0.05, 0) is 42.0 Å². The van der Waals surface area contributed by atoms with Crippen LogP contribution in [-0.2, 0) is 20.7 Å². The van der Waals surface area contributed by atoms with E-state index in [2.05, 4.69) is 0 Å². The van der Waals surface area contributed by atoms with Gasteiger partial charge in [0.25, 0.3) is 0 Å². The van der Waals surface area contributed by atoms with E-state index in [1.54, 1.807) is 0 Å². The molecule has 7 heteroatoms. The molecule has 1 aliphatic heterocycles. The van der Waals surface area contributed by atoms with Gasteiger partial charge in [-0.2, -0.15) is 0 Å². The standard InChI is InChI=1S/C22H28N2O5/c23-18(14-15-8-9-16-5-1-2-6-17(16)13-15)21(26)24(19(10-11-25)22(27)28)20-7-3-4-12-29-20/h1-2,5-6,8-9,13,18-20,25H,3-4,7,10-12,14,23H2,(H,27,28)/t18-,19-,20?/m0/s1. The summed E-state index contributed by atoms with van der Waals surface area (Å²) in [7, 11) is 0. The second-order valence-corrected chi connectivity index (χ2v) is 7.43. The SMILES string of the molecule is N[C@@H](Cc1ccc2ccccc2c1)C(=O)N(C1CCCCO1)[C@@H](CCO)C(=O)O. The molecular formula is C22H28N2O5. The maximum Gasteiger partial charge on any atom is 0.326 e. The van der Waals surface area contributed by atoms with Crippen LogP contribution in [0.15, 0.2) is 42.5 Å². The Labute approximate surface area is 170 Å². The minimum absolute atomic E-state index is 0.0658. The Morgan fingerprint density at radius 3 is 2.59 bits per heavy atom. The third-order valence-electron chi connectivity index (χ3n) is 5.33. The Morgan fingerprint density at radius 1 is 1.17 bits per heavy atom. The monoisotopic (exact) mass is 400 g/mol. The van der Waals surface area contributed by atoms with Crippen molar-refractivity contribution in [3.8, 4) is 0 Å². The Hall–Kier alpha value is -2.48. The van der Waals surface area contributed by atoms with Gasteiger partial charge in [0.05, 0.1) is 6.04 Å². The zero-order chi connectivity index (χ0) is 20.8. The fourth-order valence-electron chi connectivity index (χ4n) is 3.84. The summed E-state index contributed by atoms with van der Waals surface area (Å²) in [4.78, 5) is 26.3. The van der Waals surface area contributed by atoms with Gasteiger partial charge in [-0.3, -0.25) is 4.79 Å². The molecule has 0 radical (unpaired) electrons. The smallest absolute Gasteiger partial charge is 0.326 e. The van der Waals surface area contributed by atoms with E-state index >= 15 is 0 Å². The molecule has 0 bridgehead atoms. The molecule has 1 saturated heterocycles. The Kier molecular flexibility index (Phi) is 7.19. The minimum Gasteiger partial charge on any atom is -0.480 e. The number of benzene rings is 2. The number of carbonyl (C=O) groups excluding carboxylic acids is 1. The molecular weight excluding hydrogens is 372 g/mol. The van der Waals surface area contributed by atoms with Crippen LogP contribution in [0, 0.1) is 0 Å². The van der Waals surface area contributed by atoms with Crippen molar-refractivity contribution in [2.24, 2.45) is 5.73 Å². The lowest BCUT2D eigenvalue weighted by Gasteiger charge is -2.39. The lowest BCUT2D eigenvalue weighted by Crippen LogP contribution is -2.57. The normalized spacial score (nSPS) is 18.9. The first-order chi connectivity index (χ1) is 14.0. The van der Waals surface area contributed by atoms with Crippen LogP contribution in [0.5, 0.6) is 0 Å². The topological polar surface area (TPSA) is 113 Å². The number of aliphatic hydroxyl groups excluding tert-OH is 1. The van der Waals surface area contributed by atoms with Crippen LogP contribution in [0.25, 0.3) is 10.8 Å². The van der Waals surface area contributed by atoms with E-state index in [-0.39, 0.29) is 13.0 Å². The van der Waals surface area contributed by atoms with Gasteiger partial charge in [-0.15, -0.1) is 0 Å². The summed E-state index contributed by atoms with van der Waals surface area (Å²) in [6.45, 7) is 0.132. The first-order valence-electron chi connectivity index (χ1n) is 10.0. The Bertz CT molecular complexity index is 850. The second kappa shape index (κ2) is 9.82. The fourth-order valence-corrected chi connectivity index (χ4v) is 3.84. The number of nitrogens with two attached hydrogens (primary N) is 1. The van der Waals surface area contributed by atoms with Gasteiger partial charge in [0.1, 0.15) is 12.3 Å². The molecule has 3 atom stereocenters. The molecule has 0 saturated carbocycles. The van der Waals surface area contributed by atoms with E-state index in [1.807, 2.05) is 42.5 Å². The van der Waals surface area contributed by atoms with Crippen LogP contribution in [-0.4, -0.2) is 58.5 Å². The zero-order valence-electron chi connectivity index (χ0n) is 16.4. The van der Waals surface area contributed by atoms with Gasteiger partial charge in [0.15, 0.2) is 0 Å². The van der Waals surface area contributed by atoms with Gasteiger partial charge in [-0.25, -0.2) is 4.79 Å². The number of rotatable bonds is 8. The van der Waals surface area contributed by atoms with Crippen molar-refractivity contribution in [1.29, 1.82) is 0 Å². The molecule has 29 heavy (non-hydrogen) atoms. The van der Waals surface area contributed by atoms with Crippen molar-refractivity contribution >= 4 is 22.6 Å². The van der Waals surface area contributed by atoms with Gasteiger partial charge < -0.3 is 25.6 Å². The second-order valence-electron chi connectivity index (χ2n) is 7.43. The van der Waals surface area contributed by atoms with Crippen LogP contribution >= 0.6 is 0 Å². The maximum absolute atomic E-state index is 13.2. The number of aliphatic hydroxyl groups is 1. The molecule has 2 aromatic rings. The van der Waals surface area contributed by atoms with Crippen LogP contribution in [0.4, 0.5) is 0 Å². The Balaban J connectivity index is 1.81. The van der Waals surface area contributed by atoms with Gasteiger partial charge in [0.2, 0.25) is 5.91 Å². The van der Waals surface area contributed by atoms with E-state index in [9.17, 15) is 19.8 Å². The van der Waals surface area contributed by atoms with Gasteiger partial charge in [0, 0.05) is 19.6 Å². The average molecular weight is 400 g/mol. The first kappa shape index (κ1) is 21.2. The highest BCUT2D eigenvalue weighted by atomic mass is 16.5. The number of nitrogens with zero attached hydrogens (tertiary/aromatic N) is 1. The van der Waals surface area contributed by atoms with E-state index in [4.69, 9.17) is 10.5 Å². The summed E-state index contributed by atoms with van der Waals surface area (Å²) in [5.74, 6) is -1.63. The molecule has 156 valence electrons. The predicted molar refractivity (Wildman–Crippen MR) is 109 cm³/mol. The molecule has 0 spiro atoms. The summed E-state index contributed by atoms with van der Waals surface area (Å²) in [6, 6.07) is 11.8. The van der Waals surface area contributed by atoms with Crippen LogP contribution in [0.1, 0.15) is 31.2 Å². The summed E-state index contributed by atoms with van der Waals surface area (Å²) >= 11 is 0. The zero-order valence-corrected chi connectivity index (χ0v) is 16.4. The van der Waals surface area contributed by atoms with Crippen LogP contribution in [0.2, 0.25) is 0 Å². The lowest BCUT2D eigenvalue weighted by atomic mass is 10.00. The van der Waals surface area contributed by atoms with Crippen molar-refractivity contribution in [2.45, 2.75) is 50.4 Å². The number of ether oxygens (including phenoxy) is 1. The molecule has 0 aliphatic carbocycles. The molecule has 1 heterocycles. The van der Waals surface area contributed by atoms with Crippen molar-refractivity contribution in [3.05, 3.63) is 48.0 Å². The van der Waals surface area contributed by atoms with Crippen LogP contribution < -0.4 is 5.73 Å².